The number of nitrogens with zero attached hydrogens (tertiary/aromatic N) is 1. The number of nitrogens with one attached hydrogen (secondary N) is 2. The Hall–Kier alpha value is -1.50. The fourth-order valence-corrected chi connectivity index (χ4v) is 1.45. The Morgan fingerprint density at radius 3 is 2.35 bits per heavy atom. The maximum Gasteiger partial charge on any atom is 0.416 e. The minimum Gasteiger partial charge on any atom is -0.365 e. The Bertz CT molecular complexity index is 426. The molecule has 1 aliphatic rings. The lowest BCUT2D eigenvalue weighted by molar-refractivity contribution is -0.137. The lowest BCUT2D eigenvalue weighted by Gasteiger charge is -2.15. The Morgan fingerprint density at radius 1 is 1.29 bits per heavy atom. The number of halogens is 3. The van der Waals surface area contributed by atoms with E-state index in [2.05, 4.69) is 15.7 Å². The topological polar surface area (TPSA) is 63.0 Å². The molecule has 1 aliphatic carbocycles. The number of rotatable bonds is 3. The minimum atomic E-state index is -4.41. The normalized spacial score (nSPS) is 17.7. The highest BCUT2D eigenvalue weighted by Gasteiger charge is 2.38. The lowest BCUT2D eigenvalue weighted by atomic mass is 10.2. The van der Waals surface area contributed by atoms with Crippen LogP contribution in [0.15, 0.2) is 12.1 Å². The third kappa shape index (κ3) is 2.79. The second-order valence-corrected chi connectivity index (χ2v) is 4.45. The summed E-state index contributed by atoms with van der Waals surface area (Å²) in [6.45, 7) is 1.94. The van der Waals surface area contributed by atoms with Crippen LogP contribution in [-0.4, -0.2) is 10.5 Å². The fraction of sp³-hybridized carbons (Fsp3) is 0.500. The molecule has 0 aliphatic heterocycles. The summed E-state index contributed by atoms with van der Waals surface area (Å²) in [5, 5.41) is 2.97. The van der Waals surface area contributed by atoms with Crippen LogP contribution in [-0.2, 0) is 6.18 Å². The molecule has 0 unspecified atom stereocenters. The molecule has 1 heterocycles. The van der Waals surface area contributed by atoms with Crippen LogP contribution in [0.2, 0.25) is 0 Å². The van der Waals surface area contributed by atoms with Gasteiger partial charge in [0.1, 0.15) is 11.6 Å². The second kappa shape index (κ2) is 3.76. The van der Waals surface area contributed by atoms with Crippen molar-refractivity contribution in [2.24, 2.45) is 5.84 Å². The third-order valence-electron chi connectivity index (χ3n) is 2.73. The molecule has 1 aromatic heterocycles. The van der Waals surface area contributed by atoms with Crippen molar-refractivity contribution in [1.29, 1.82) is 0 Å². The number of hydrazine groups is 1. The molecule has 0 radical (unpaired) electrons. The SMILES string of the molecule is CC1(Nc2cc(C(F)(F)F)cc(NN)n2)CC1. The molecule has 94 valence electrons. The van der Waals surface area contributed by atoms with Crippen LogP contribution >= 0.6 is 0 Å². The Morgan fingerprint density at radius 2 is 1.88 bits per heavy atom. The maximum atomic E-state index is 12.6. The van der Waals surface area contributed by atoms with Crippen molar-refractivity contribution in [1.82, 2.24) is 4.98 Å². The van der Waals surface area contributed by atoms with E-state index in [0.29, 0.717) is 0 Å². The van der Waals surface area contributed by atoms with Gasteiger partial charge in [-0.05, 0) is 31.9 Å². The average molecular weight is 246 g/mol. The number of hydrogen-bond donors (Lipinski definition) is 3. The molecule has 1 saturated carbocycles. The first-order chi connectivity index (χ1) is 7.82. The fourth-order valence-electron chi connectivity index (χ4n) is 1.45. The number of alkyl halides is 3. The van der Waals surface area contributed by atoms with E-state index in [0.717, 1.165) is 25.0 Å². The molecule has 17 heavy (non-hydrogen) atoms. The summed E-state index contributed by atoms with van der Waals surface area (Å²) in [6.07, 6.45) is -2.55. The molecule has 0 amide bonds. The van der Waals surface area contributed by atoms with Crippen LogP contribution in [0.3, 0.4) is 0 Å². The van der Waals surface area contributed by atoms with Crippen LogP contribution in [0.25, 0.3) is 0 Å². The highest BCUT2D eigenvalue weighted by molar-refractivity contribution is 5.51. The van der Waals surface area contributed by atoms with Gasteiger partial charge in [-0.15, -0.1) is 0 Å². The van der Waals surface area contributed by atoms with Crippen LogP contribution in [0.5, 0.6) is 0 Å². The average Bonchev–Trinajstić information content (AvgIpc) is 2.94. The summed E-state index contributed by atoms with van der Waals surface area (Å²) < 4.78 is 37.8. The number of aromatic nitrogens is 1. The maximum absolute atomic E-state index is 12.6. The van der Waals surface area contributed by atoms with Crippen molar-refractivity contribution in [3.63, 3.8) is 0 Å². The molecular formula is C10H13F3N4. The molecule has 4 N–H and O–H groups in total. The molecule has 1 fully saturated rings. The van der Waals surface area contributed by atoms with Gasteiger partial charge >= 0.3 is 6.18 Å². The summed E-state index contributed by atoms with van der Waals surface area (Å²) >= 11 is 0. The van der Waals surface area contributed by atoms with E-state index in [1.165, 1.54) is 0 Å². The largest absolute Gasteiger partial charge is 0.416 e. The quantitative estimate of drug-likeness (QED) is 0.566. The highest BCUT2D eigenvalue weighted by Crippen LogP contribution is 2.39. The zero-order valence-corrected chi connectivity index (χ0v) is 9.23. The number of hydrogen-bond acceptors (Lipinski definition) is 4. The number of nitrogen functional groups attached to an aromatic ring is 1. The van der Waals surface area contributed by atoms with Crippen LogP contribution in [0.4, 0.5) is 24.8 Å². The molecule has 0 aromatic carbocycles. The molecule has 7 heteroatoms. The minimum absolute atomic E-state index is 0.00780. The van der Waals surface area contributed by atoms with Crippen LogP contribution in [0, 0.1) is 0 Å². The van der Waals surface area contributed by atoms with Gasteiger partial charge in [0.25, 0.3) is 0 Å². The number of anilines is 2. The summed E-state index contributed by atoms with van der Waals surface area (Å²) in [7, 11) is 0. The zero-order chi connectivity index (χ0) is 12.7. The van der Waals surface area contributed by atoms with Crippen molar-refractivity contribution >= 4 is 11.6 Å². The van der Waals surface area contributed by atoms with Crippen molar-refractivity contribution < 1.29 is 13.2 Å². The molecule has 0 saturated heterocycles. The summed E-state index contributed by atoms with van der Waals surface area (Å²) in [4.78, 5) is 3.94. The standard InChI is InChI=1S/C10H13F3N4/c1-9(2-3-9)16-7-4-6(10(11,12)13)5-8(15-7)17-14/h4-5H,2-3,14H2,1H3,(H2,15,16,17). The summed E-state index contributed by atoms with van der Waals surface area (Å²) in [6, 6.07) is 1.87. The molecule has 1 aromatic rings. The van der Waals surface area contributed by atoms with Gasteiger partial charge in [-0.3, -0.25) is 0 Å². The second-order valence-electron chi connectivity index (χ2n) is 4.45. The van der Waals surface area contributed by atoms with Gasteiger partial charge in [-0.2, -0.15) is 13.2 Å². The van der Waals surface area contributed by atoms with Gasteiger partial charge in [-0.1, -0.05) is 0 Å². The van der Waals surface area contributed by atoms with Gasteiger partial charge < -0.3 is 10.7 Å². The Kier molecular flexibility index (Phi) is 2.65. The first-order valence-corrected chi connectivity index (χ1v) is 5.16. The molecule has 0 spiro atoms. The Labute approximate surface area is 96.4 Å². The van der Waals surface area contributed by atoms with E-state index in [4.69, 9.17) is 5.84 Å². The van der Waals surface area contributed by atoms with Crippen molar-refractivity contribution in [2.75, 3.05) is 10.7 Å². The summed E-state index contributed by atoms with van der Waals surface area (Å²) in [5.41, 5.74) is 1.23. The van der Waals surface area contributed by atoms with Gasteiger partial charge in [0, 0.05) is 5.54 Å². The van der Waals surface area contributed by atoms with Gasteiger partial charge in [0.05, 0.1) is 5.56 Å². The Balaban J connectivity index is 2.31. The first-order valence-electron chi connectivity index (χ1n) is 5.16. The monoisotopic (exact) mass is 246 g/mol. The van der Waals surface area contributed by atoms with E-state index in [9.17, 15) is 13.2 Å². The molecular weight excluding hydrogens is 233 g/mol. The lowest BCUT2D eigenvalue weighted by Crippen LogP contribution is -2.19. The van der Waals surface area contributed by atoms with Gasteiger partial charge in [-0.25, -0.2) is 10.8 Å². The summed E-state index contributed by atoms with van der Waals surface area (Å²) in [5.74, 6) is 5.28. The predicted octanol–water partition coefficient (Wildman–Crippen LogP) is 2.35. The van der Waals surface area contributed by atoms with E-state index < -0.39 is 11.7 Å². The van der Waals surface area contributed by atoms with Gasteiger partial charge in [0.15, 0.2) is 0 Å². The van der Waals surface area contributed by atoms with E-state index >= 15 is 0 Å². The zero-order valence-electron chi connectivity index (χ0n) is 9.23. The molecule has 0 atom stereocenters. The van der Waals surface area contributed by atoms with Crippen molar-refractivity contribution in [3.05, 3.63) is 17.7 Å². The molecule has 2 rings (SSSR count). The third-order valence-corrected chi connectivity index (χ3v) is 2.73. The molecule has 0 bridgehead atoms. The highest BCUT2D eigenvalue weighted by atomic mass is 19.4. The van der Waals surface area contributed by atoms with Gasteiger partial charge in [0.2, 0.25) is 0 Å². The first kappa shape index (κ1) is 12.0. The van der Waals surface area contributed by atoms with Crippen LogP contribution in [0.1, 0.15) is 25.3 Å². The number of nitrogens with two attached hydrogens (primary N) is 1. The molecule has 4 nitrogen and oxygen atoms in total. The van der Waals surface area contributed by atoms with Crippen molar-refractivity contribution in [3.8, 4) is 0 Å². The van der Waals surface area contributed by atoms with E-state index in [1.807, 2.05) is 6.92 Å². The number of pyridine rings is 1. The predicted molar refractivity (Wildman–Crippen MR) is 58.3 cm³/mol. The van der Waals surface area contributed by atoms with E-state index in [-0.39, 0.29) is 17.2 Å². The van der Waals surface area contributed by atoms with Crippen molar-refractivity contribution in [2.45, 2.75) is 31.5 Å². The van der Waals surface area contributed by atoms with Crippen LogP contribution < -0.4 is 16.6 Å². The smallest absolute Gasteiger partial charge is 0.365 e. The van der Waals surface area contributed by atoms with E-state index in [1.54, 1.807) is 0 Å².